The molecule has 1 N–H and O–H groups in total. The van der Waals surface area contributed by atoms with Crippen molar-refractivity contribution in [3.05, 3.63) is 89.4 Å². The van der Waals surface area contributed by atoms with E-state index < -0.39 is 35.4 Å². The Morgan fingerprint density at radius 2 is 1.50 bits per heavy atom. The molecule has 2 aromatic carbocycles. The number of nitrogens with zero attached hydrogens (tertiary/aromatic N) is 5. The fraction of sp³-hybridized carbons (Fsp3) is 0.310. The number of para-hydroxylation sites is 1. The number of carboxylic acids is 1. The molecule has 0 saturated carbocycles. The Hall–Kier alpha value is -4.42. The molecule has 5 rings (SSSR count). The number of pyridine rings is 1. The maximum absolute atomic E-state index is 13.6. The van der Waals surface area contributed by atoms with Crippen LogP contribution in [0.15, 0.2) is 67.1 Å². The van der Waals surface area contributed by atoms with Crippen molar-refractivity contribution in [2.24, 2.45) is 5.92 Å². The number of carbonyl (C=O) groups is 1. The van der Waals surface area contributed by atoms with Crippen LogP contribution in [-0.2, 0) is 30.2 Å². The first kappa shape index (κ1) is 29.1. The van der Waals surface area contributed by atoms with E-state index in [-0.39, 0.29) is 30.7 Å². The lowest BCUT2D eigenvalue weighted by Gasteiger charge is -2.31. The van der Waals surface area contributed by atoms with Crippen LogP contribution in [0, 0.1) is 5.92 Å². The minimum absolute atomic E-state index is 0.0509. The van der Waals surface area contributed by atoms with E-state index in [1.165, 1.54) is 17.3 Å². The SMILES string of the molecule is O=C(O)C1CCN(c2cnc(N(Cc3cc(C(F)(F)F)cc(C(F)(F)F)c3)Cc3cccc4cccnc34)nc2)CC1. The number of hydrogen-bond donors (Lipinski definition) is 1. The van der Waals surface area contributed by atoms with Gasteiger partial charge in [-0.2, -0.15) is 26.3 Å². The molecule has 1 fully saturated rings. The summed E-state index contributed by atoms with van der Waals surface area (Å²) < 4.78 is 81.3. The fourth-order valence-corrected chi connectivity index (χ4v) is 5.05. The summed E-state index contributed by atoms with van der Waals surface area (Å²) in [6.07, 6.45) is -4.42. The Morgan fingerprint density at radius 3 is 2.10 bits per heavy atom. The van der Waals surface area contributed by atoms with E-state index in [0.29, 0.717) is 54.8 Å². The Labute approximate surface area is 236 Å². The third-order valence-corrected chi connectivity index (χ3v) is 7.22. The molecular formula is C29H25F6N5O2. The quantitative estimate of drug-likeness (QED) is 0.244. The van der Waals surface area contributed by atoms with Crippen LogP contribution in [-0.4, -0.2) is 39.1 Å². The van der Waals surface area contributed by atoms with Gasteiger partial charge >= 0.3 is 18.3 Å². The molecule has 0 unspecified atom stereocenters. The molecule has 0 amide bonds. The third-order valence-electron chi connectivity index (χ3n) is 7.22. The molecule has 0 spiro atoms. The summed E-state index contributed by atoms with van der Waals surface area (Å²) in [5.41, 5.74) is -1.08. The topological polar surface area (TPSA) is 82.5 Å². The lowest BCUT2D eigenvalue weighted by molar-refractivity contribution is -0.144. The molecular weight excluding hydrogens is 564 g/mol. The maximum atomic E-state index is 13.6. The van der Waals surface area contributed by atoms with Gasteiger partial charge in [0.1, 0.15) is 0 Å². The largest absolute Gasteiger partial charge is 0.481 e. The number of carboxylic acid groups (broad SMARTS) is 1. The van der Waals surface area contributed by atoms with Gasteiger partial charge < -0.3 is 14.9 Å². The number of hydrogen-bond acceptors (Lipinski definition) is 6. The third kappa shape index (κ3) is 6.55. The van der Waals surface area contributed by atoms with Gasteiger partial charge in [0.15, 0.2) is 0 Å². The van der Waals surface area contributed by atoms with Crippen molar-refractivity contribution in [3.63, 3.8) is 0 Å². The summed E-state index contributed by atoms with van der Waals surface area (Å²) in [5.74, 6) is -1.18. The van der Waals surface area contributed by atoms with Gasteiger partial charge in [-0.1, -0.05) is 24.3 Å². The van der Waals surface area contributed by atoms with E-state index in [0.717, 1.165) is 5.39 Å². The van der Waals surface area contributed by atoms with Crippen molar-refractivity contribution in [1.82, 2.24) is 15.0 Å². The second-order valence-corrected chi connectivity index (χ2v) is 10.1. The standard InChI is InChI=1S/C29H25F6N5O2/c30-28(31,32)22-11-18(12-23(13-22)29(33,34)35)16-40(17-21-4-1-3-19-5-2-8-36-25(19)21)27-37-14-24(15-38-27)39-9-6-20(7-10-39)26(41)42/h1-5,8,11-15,20H,6-7,9-10,16-17H2,(H,41,42). The van der Waals surface area contributed by atoms with Crippen LogP contribution in [0.3, 0.4) is 0 Å². The maximum Gasteiger partial charge on any atom is 0.416 e. The van der Waals surface area contributed by atoms with Gasteiger partial charge in [-0.15, -0.1) is 0 Å². The zero-order chi connectivity index (χ0) is 30.1. The molecule has 42 heavy (non-hydrogen) atoms. The average Bonchev–Trinajstić information content (AvgIpc) is 2.96. The number of alkyl halides is 6. The van der Waals surface area contributed by atoms with Gasteiger partial charge in [-0.3, -0.25) is 9.78 Å². The van der Waals surface area contributed by atoms with Crippen molar-refractivity contribution in [1.29, 1.82) is 0 Å². The van der Waals surface area contributed by atoms with Gasteiger partial charge in [0.25, 0.3) is 0 Å². The summed E-state index contributed by atoms with van der Waals surface area (Å²) in [6, 6.07) is 10.5. The molecule has 0 radical (unpaired) electrons. The van der Waals surface area contributed by atoms with E-state index in [4.69, 9.17) is 0 Å². The van der Waals surface area contributed by atoms with Crippen LogP contribution < -0.4 is 9.80 Å². The highest BCUT2D eigenvalue weighted by Gasteiger charge is 2.37. The molecule has 0 aliphatic carbocycles. The molecule has 7 nitrogen and oxygen atoms in total. The fourth-order valence-electron chi connectivity index (χ4n) is 5.05. The van der Waals surface area contributed by atoms with Crippen LogP contribution in [0.5, 0.6) is 0 Å². The molecule has 1 aliphatic heterocycles. The monoisotopic (exact) mass is 589 g/mol. The van der Waals surface area contributed by atoms with Crippen LogP contribution in [0.1, 0.15) is 35.1 Å². The number of benzene rings is 2. The van der Waals surface area contributed by atoms with Crippen LogP contribution in [0.4, 0.5) is 38.0 Å². The van der Waals surface area contributed by atoms with Gasteiger partial charge in [0, 0.05) is 37.8 Å². The second kappa shape index (κ2) is 11.5. The Kier molecular flexibility index (Phi) is 7.93. The van der Waals surface area contributed by atoms with Crippen LogP contribution in [0.25, 0.3) is 10.9 Å². The molecule has 1 aliphatic rings. The Balaban J connectivity index is 1.49. The lowest BCUT2D eigenvalue weighted by atomic mass is 9.97. The first-order chi connectivity index (χ1) is 19.9. The highest BCUT2D eigenvalue weighted by Crippen LogP contribution is 2.37. The highest BCUT2D eigenvalue weighted by atomic mass is 19.4. The Bertz CT molecular complexity index is 1530. The number of fused-ring (bicyclic) bond motifs is 1. The van der Waals surface area contributed by atoms with Gasteiger partial charge in [0.2, 0.25) is 5.95 Å². The second-order valence-electron chi connectivity index (χ2n) is 10.1. The summed E-state index contributed by atoms with van der Waals surface area (Å²) >= 11 is 0. The summed E-state index contributed by atoms with van der Waals surface area (Å²) in [4.78, 5) is 27.9. The number of piperidine rings is 1. The molecule has 0 bridgehead atoms. The average molecular weight is 590 g/mol. The molecule has 1 saturated heterocycles. The lowest BCUT2D eigenvalue weighted by Crippen LogP contribution is -2.36. The summed E-state index contributed by atoms with van der Waals surface area (Å²) in [7, 11) is 0. The zero-order valence-corrected chi connectivity index (χ0v) is 22.0. The number of anilines is 2. The van der Waals surface area contributed by atoms with E-state index in [1.54, 1.807) is 24.4 Å². The van der Waals surface area contributed by atoms with Crippen molar-refractivity contribution in [3.8, 4) is 0 Å². The molecule has 3 heterocycles. The normalized spacial score (nSPS) is 14.8. The molecule has 220 valence electrons. The van der Waals surface area contributed by atoms with Gasteiger partial charge in [-0.05, 0) is 48.2 Å². The van der Waals surface area contributed by atoms with E-state index in [9.17, 15) is 36.2 Å². The number of rotatable bonds is 7. The molecule has 2 aromatic heterocycles. The molecule has 4 aromatic rings. The predicted octanol–water partition coefficient (Wildman–Crippen LogP) is 6.57. The van der Waals surface area contributed by atoms with Crippen molar-refractivity contribution < 1.29 is 36.2 Å². The predicted molar refractivity (Wildman–Crippen MR) is 143 cm³/mol. The van der Waals surface area contributed by atoms with E-state index in [1.807, 2.05) is 17.0 Å². The highest BCUT2D eigenvalue weighted by molar-refractivity contribution is 5.81. The van der Waals surface area contributed by atoms with E-state index >= 15 is 0 Å². The smallest absolute Gasteiger partial charge is 0.416 e. The van der Waals surface area contributed by atoms with E-state index in [2.05, 4.69) is 15.0 Å². The van der Waals surface area contributed by atoms with Crippen molar-refractivity contribution >= 4 is 28.5 Å². The van der Waals surface area contributed by atoms with Crippen LogP contribution >= 0.6 is 0 Å². The minimum Gasteiger partial charge on any atom is -0.481 e. The Morgan fingerprint density at radius 1 is 0.881 bits per heavy atom. The summed E-state index contributed by atoms with van der Waals surface area (Å²) in [5, 5.41) is 10.1. The number of halogens is 6. The van der Waals surface area contributed by atoms with Crippen molar-refractivity contribution in [2.75, 3.05) is 22.9 Å². The van der Waals surface area contributed by atoms with Crippen LogP contribution in [0.2, 0.25) is 0 Å². The zero-order valence-electron chi connectivity index (χ0n) is 22.0. The first-order valence-corrected chi connectivity index (χ1v) is 13.0. The van der Waals surface area contributed by atoms with Gasteiger partial charge in [-0.25, -0.2) is 9.97 Å². The van der Waals surface area contributed by atoms with Gasteiger partial charge in [0.05, 0.1) is 40.6 Å². The summed E-state index contributed by atoms with van der Waals surface area (Å²) in [6.45, 7) is 0.667. The molecule has 13 heteroatoms. The number of aliphatic carboxylic acids is 1. The first-order valence-electron chi connectivity index (χ1n) is 13.0. The molecule has 0 atom stereocenters. The minimum atomic E-state index is -4.98. The van der Waals surface area contributed by atoms with Crippen molar-refractivity contribution in [2.45, 2.75) is 38.3 Å². The number of aromatic nitrogens is 3.